The fourth-order valence-corrected chi connectivity index (χ4v) is 4.38. The largest absolute Gasteiger partial charge is 0.502 e. The predicted molar refractivity (Wildman–Crippen MR) is 111 cm³/mol. The van der Waals surface area contributed by atoms with Crippen molar-refractivity contribution in [2.24, 2.45) is 0 Å². The molecule has 5 rings (SSSR count). The predicted octanol–water partition coefficient (Wildman–Crippen LogP) is 2.48. The minimum atomic E-state index is -0.575. The van der Waals surface area contributed by atoms with Gasteiger partial charge in [-0.05, 0) is 11.6 Å². The van der Waals surface area contributed by atoms with E-state index in [2.05, 4.69) is 0 Å². The van der Waals surface area contributed by atoms with Crippen LogP contribution >= 0.6 is 0 Å². The number of carbonyl (C=O) groups excluding carboxylic acids is 1. The van der Waals surface area contributed by atoms with Crippen LogP contribution in [0.3, 0.4) is 0 Å². The van der Waals surface area contributed by atoms with E-state index in [1.165, 1.54) is 6.07 Å². The number of pyridine rings is 1. The Kier molecular flexibility index (Phi) is 4.24. The van der Waals surface area contributed by atoms with E-state index in [1.54, 1.807) is 22.8 Å². The van der Waals surface area contributed by atoms with E-state index < -0.39 is 17.1 Å². The zero-order valence-electron chi connectivity index (χ0n) is 16.4. The van der Waals surface area contributed by atoms with E-state index in [-0.39, 0.29) is 17.9 Å². The number of aromatic nitrogens is 1. The molecule has 0 saturated heterocycles. The Labute approximate surface area is 173 Å². The number of rotatable bonds is 1. The van der Waals surface area contributed by atoms with E-state index in [0.717, 1.165) is 16.9 Å². The molecule has 3 aromatic rings. The second-order valence-electron chi connectivity index (χ2n) is 7.49. The lowest BCUT2D eigenvalue weighted by Crippen LogP contribution is -2.62. The first kappa shape index (κ1) is 18.3. The molecule has 0 spiro atoms. The van der Waals surface area contributed by atoms with Crippen molar-refractivity contribution in [2.45, 2.75) is 18.6 Å². The van der Waals surface area contributed by atoms with E-state index in [9.17, 15) is 14.7 Å². The summed E-state index contributed by atoms with van der Waals surface area (Å²) in [5.74, 6) is -0.158. The van der Waals surface area contributed by atoms with Crippen molar-refractivity contribution in [3.05, 3.63) is 93.9 Å². The maximum absolute atomic E-state index is 13.1. The number of ether oxygens (including phenoxy) is 1. The van der Waals surface area contributed by atoms with Crippen molar-refractivity contribution >= 4 is 5.91 Å². The van der Waals surface area contributed by atoms with Crippen molar-refractivity contribution in [1.29, 1.82) is 0 Å². The number of aromatic hydroxyl groups is 1. The van der Waals surface area contributed by atoms with Crippen molar-refractivity contribution in [2.75, 3.05) is 18.7 Å². The summed E-state index contributed by atoms with van der Waals surface area (Å²) < 4.78 is 7.70. The fraction of sp³-hybridized carbons (Fsp3) is 0.217. The molecule has 3 heterocycles. The van der Waals surface area contributed by atoms with Gasteiger partial charge in [0.25, 0.3) is 5.91 Å². The summed E-state index contributed by atoms with van der Waals surface area (Å²) in [6.45, 7) is 0.429. The van der Waals surface area contributed by atoms with Gasteiger partial charge >= 0.3 is 0 Å². The van der Waals surface area contributed by atoms with Crippen LogP contribution in [0.4, 0.5) is 0 Å². The number of benzene rings is 2. The topological polar surface area (TPSA) is 75.0 Å². The van der Waals surface area contributed by atoms with Crippen LogP contribution in [0.25, 0.3) is 0 Å². The lowest BCUT2D eigenvalue weighted by molar-refractivity contribution is 0.0573. The first-order chi connectivity index (χ1) is 14.6. The van der Waals surface area contributed by atoms with Gasteiger partial charge in [0.1, 0.15) is 18.0 Å². The van der Waals surface area contributed by atoms with E-state index in [0.29, 0.717) is 13.0 Å². The number of fused-ring (bicyclic) bond motifs is 4. The third kappa shape index (κ3) is 2.66. The second kappa shape index (κ2) is 6.95. The molecular weight excluding hydrogens is 382 g/mol. The Morgan fingerprint density at radius 2 is 1.73 bits per heavy atom. The average molecular weight is 403 g/mol. The minimum Gasteiger partial charge on any atom is -0.502 e. The monoisotopic (exact) mass is 403 g/mol. The molecule has 2 aliphatic rings. The molecule has 152 valence electrons. The van der Waals surface area contributed by atoms with E-state index in [4.69, 9.17) is 4.74 Å². The molecule has 1 aromatic heterocycles. The van der Waals surface area contributed by atoms with Gasteiger partial charge in [-0.15, -0.1) is 0 Å². The summed E-state index contributed by atoms with van der Waals surface area (Å²) in [5, 5.41) is 12.5. The Morgan fingerprint density at radius 3 is 2.53 bits per heavy atom. The maximum Gasteiger partial charge on any atom is 0.277 e. The lowest BCUT2D eigenvalue weighted by atomic mass is 9.95. The normalized spacial score (nSPS) is 20.4. The number of hydrogen-bond donors (Lipinski definition) is 1. The van der Waals surface area contributed by atoms with Gasteiger partial charge in [-0.3, -0.25) is 19.3 Å². The number of carbonyl (C=O) groups is 1. The van der Waals surface area contributed by atoms with Crippen LogP contribution in [-0.4, -0.2) is 40.4 Å². The van der Waals surface area contributed by atoms with Gasteiger partial charge in [-0.2, -0.15) is 0 Å². The van der Waals surface area contributed by atoms with Crippen molar-refractivity contribution in [3.63, 3.8) is 0 Å². The molecule has 7 heteroatoms. The van der Waals surface area contributed by atoms with Crippen LogP contribution < -0.4 is 15.2 Å². The number of amides is 1. The lowest BCUT2D eigenvalue weighted by Gasteiger charge is -2.49. The Hall–Kier alpha value is -3.74. The molecule has 30 heavy (non-hydrogen) atoms. The van der Waals surface area contributed by atoms with Crippen LogP contribution in [0.2, 0.25) is 0 Å². The Balaban J connectivity index is 1.83. The van der Waals surface area contributed by atoms with Crippen molar-refractivity contribution in [1.82, 2.24) is 9.58 Å². The molecule has 0 aliphatic carbocycles. The highest BCUT2D eigenvalue weighted by Crippen LogP contribution is 2.40. The molecule has 0 radical (unpaired) electrons. The number of nitrogens with zero attached hydrogens (tertiary/aromatic N) is 3. The summed E-state index contributed by atoms with van der Waals surface area (Å²) in [6, 6.07) is 18.8. The first-order valence-corrected chi connectivity index (χ1v) is 9.85. The third-order valence-electron chi connectivity index (χ3n) is 5.81. The van der Waals surface area contributed by atoms with Gasteiger partial charge in [0.05, 0.1) is 6.61 Å². The quantitative estimate of drug-likeness (QED) is 0.676. The Bertz CT molecular complexity index is 1170. The molecule has 2 atom stereocenters. The SMILES string of the molecule is CN1C(=O)c2c(O)c(=O)ccn2N2[C@H](c3ccccc3)c3ccccc3OCC[C@@H]12. The van der Waals surface area contributed by atoms with Crippen LogP contribution in [0, 0.1) is 0 Å². The van der Waals surface area contributed by atoms with Gasteiger partial charge in [0, 0.05) is 31.3 Å². The standard InChI is InChI=1S/C23H21N3O4/c1-24-19-12-14-30-18-10-6-5-9-16(18)20(15-7-3-2-4-8-15)26(19)25-13-11-17(27)22(28)21(25)23(24)29/h2-11,13,19-20,28H,12,14H2,1H3/t19-,20+/m0/s1. The molecule has 2 aromatic carbocycles. The highest BCUT2D eigenvalue weighted by atomic mass is 16.5. The van der Waals surface area contributed by atoms with Crippen LogP contribution in [0.1, 0.15) is 34.1 Å². The maximum atomic E-state index is 13.1. The smallest absolute Gasteiger partial charge is 0.277 e. The second-order valence-corrected chi connectivity index (χ2v) is 7.49. The first-order valence-electron chi connectivity index (χ1n) is 9.85. The van der Waals surface area contributed by atoms with Crippen LogP contribution in [0.5, 0.6) is 11.5 Å². The summed E-state index contributed by atoms with van der Waals surface area (Å²) >= 11 is 0. The molecule has 1 amide bonds. The van der Waals surface area contributed by atoms with Gasteiger partial charge in [-0.1, -0.05) is 48.5 Å². The van der Waals surface area contributed by atoms with Crippen molar-refractivity contribution in [3.8, 4) is 11.5 Å². The highest BCUT2D eigenvalue weighted by Gasteiger charge is 2.43. The average Bonchev–Trinajstić information content (AvgIpc) is 2.75. The zero-order valence-corrected chi connectivity index (χ0v) is 16.4. The van der Waals surface area contributed by atoms with Crippen LogP contribution in [0.15, 0.2) is 71.7 Å². The van der Waals surface area contributed by atoms with Gasteiger partial charge in [-0.25, -0.2) is 0 Å². The van der Waals surface area contributed by atoms with Gasteiger partial charge < -0.3 is 14.7 Å². The summed E-state index contributed by atoms with van der Waals surface area (Å²) in [7, 11) is 1.69. The van der Waals surface area contributed by atoms with Crippen molar-refractivity contribution < 1.29 is 14.6 Å². The molecule has 2 aliphatic heterocycles. The molecule has 0 bridgehead atoms. The molecule has 7 nitrogen and oxygen atoms in total. The number of hydrogen-bond acceptors (Lipinski definition) is 5. The van der Waals surface area contributed by atoms with Crippen LogP contribution in [-0.2, 0) is 0 Å². The third-order valence-corrected chi connectivity index (χ3v) is 5.81. The molecule has 1 N–H and O–H groups in total. The Morgan fingerprint density at radius 1 is 1.00 bits per heavy atom. The van der Waals surface area contributed by atoms with Gasteiger partial charge in [0.2, 0.25) is 5.43 Å². The highest BCUT2D eigenvalue weighted by molar-refractivity contribution is 5.96. The molecule has 0 unspecified atom stereocenters. The summed E-state index contributed by atoms with van der Waals surface area (Å²) in [5.41, 5.74) is 1.35. The minimum absolute atomic E-state index is 0.0267. The van der Waals surface area contributed by atoms with E-state index in [1.807, 2.05) is 59.6 Å². The van der Waals surface area contributed by atoms with Gasteiger partial charge in [0.15, 0.2) is 11.4 Å². The number of para-hydroxylation sites is 1. The van der Waals surface area contributed by atoms with E-state index >= 15 is 0 Å². The molecular formula is C23H21N3O4. The summed E-state index contributed by atoms with van der Waals surface area (Å²) in [4.78, 5) is 26.7. The molecule has 0 fully saturated rings. The summed E-state index contributed by atoms with van der Waals surface area (Å²) in [6.07, 6.45) is 1.80. The zero-order chi connectivity index (χ0) is 20.8. The molecule has 0 saturated carbocycles. The fourth-order valence-electron chi connectivity index (χ4n) is 4.38.